The third-order valence-corrected chi connectivity index (χ3v) is 6.97. The Kier molecular flexibility index (Phi) is 5.60. The van der Waals surface area contributed by atoms with Gasteiger partial charge in [-0.3, -0.25) is 9.59 Å². The summed E-state index contributed by atoms with van der Waals surface area (Å²) >= 11 is 6.35. The second kappa shape index (κ2) is 8.47. The van der Waals surface area contributed by atoms with Crippen LogP contribution in [-0.4, -0.2) is 45.4 Å². The molecule has 0 saturated carbocycles. The van der Waals surface area contributed by atoms with Crippen molar-refractivity contribution in [2.24, 2.45) is 18.9 Å². The maximum Gasteiger partial charge on any atom is 0.296 e. The van der Waals surface area contributed by atoms with Gasteiger partial charge in [-0.1, -0.05) is 43.6 Å². The van der Waals surface area contributed by atoms with E-state index in [2.05, 4.69) is 18.9 Å². The number of fused-ring (bicyclic) bond motifs is 3. The molecule has 1 saturated heterocycles. The number of para-hydroxylation sites is 1. The summed E-state index contributed by atoms with van der Waals surface area (Å²) in [6.07, 6.45) is 1.09. The van der Waals surface area contributed by atoms with E-state index in [0.717, 1.165) is 17.3 Å². The van der Waals surface area contributed by atoms with Gasteiger partial charge in [0.25, 0.3) is 11.5 Å². The van der Waals surface area contributed by atoms with Crippen LogP contribution in [0.2, 0.25) is 5.02 Å². The minimum atomic E-state index is -0.313. The van der Waals surface area contributed by atoms with Crippen molar-refractivity contribution >= 4 is 39.3 Å². The average molecular weight is 479 g/mol. The molecule has 0 aliphatic carbocycles. The smallest absolute Gasteiger partial charge is 0.296 e. The van der Waals surface area contributed by atoms with Gasteiger partial charge in [-0.05, 0) is 42.5 Å². The number of carbonyl (C=O) groups excluding carboxylic acids is 1. The monoisotopic (exact) mass is 478 g/mol. The van der Waals surface area contributed by atoms with Crippen LogP contribution in [0.4, 0.5) is 0 Å². The highest BCUT2D eigenvalue weighted by Crippen LogP contribution is 2.31. The Bertz CT molecular complexity index is 1480. The molecule has 0 radical (unpaired) electrons. The van der Waals surface area contributed by atoms with Crippen LogP contribution in [0.1, 0.15) is 30.8 Å². The van der Waals surface area contributed by atoms with E-state index in [1.165, 1.54) is 11.8 Å². The van der Waals surface area contributed by atoms with E-state index in [1.807, 2.05) is 40.8 Å². The molecule has 4 aromatic rings. The zero-order chi connectivity index (χ0) is 24.1. The van der Waals surface area contributed by atoms with E-state index in [1.54, 1.807) is 18.2 Å². The van der Waals surface area contributed by atoms with Gasteiger partial charge in [0, 0.05) is 36.4 Å². The first-order valence-electron chi connectivity index (χ1n) is 11.4. The first kappa shape index (κ1) is 22.5. The van der Waals surface area contributed by atoms with Crippen molar-refractivity contribution < 1.29 is 9.53 Å². The molecule has 2 aromatic heterocycles. The number of methoxy groups -OCH3 is 1. The van der Waals surface area contributed by atoms with E-state index < -0.39 is 0 Å². The topological polar surface area (TPSA) is 69.4 Å². The van der Waals surface area contributed by atoms with Gasteiger partial charge >= 0.3 is 0 Å². The summed E-state index contributed by atoms with van der Waals surface area (Å²) in [5.41, 5.74) is 1.74. The molecule has 5 rings (SSSR count). The number of benzene rings is 2. The number of nitrogens with zero attached hydrogens (tertiary/aromatic N) is 4. The van der Waals surface area contributed by atoms with Crippen LogP contribution in [0.5, 0.6) is 5.75 Å². The minimum Gasteiger partial charge on any atom is -0.495 e. The number of aromatic nitrogens is 3. The predicted molar refractivity (Wildman–Crippen MR) is 134 cm³/mol. The molecule has 7 nitrogen and oxygen atoms in total. The van der Waals surface area contributed by atoms with Gasteiger partial charge < -0.3 is 14.2 Å². The SMILES string of the molecule is COc1ccc(-n2nc(C(=O)N3C[C@H](C)C[C@H](C)C3)c3c4ccccc4n(C)c3c2=O)cc1Cl. The van der Waals surface area contributed by atoms with E-state index in [-0.39, 0.29) is 17.2 Å². The van der Waals surface area contributed by atoms with Crippen molar-refractivity contribution in [2.45, 2.75) is 20.3 Å². The van der Waals surface area contributed by atoms with Crippen molar-refractivity contribution in [3.63, 3.8) is 0 Å². The summed E-state index contributed by atoms with van der Waals surface area (Å²) in [4.78, 5) is 29.5. The second-order valence-electron chi connectivity index (χ2n) is 9.34. The highest BCUT2D eigenvalue weighted by Gasteiger charge is 2.31. The van der Waals surface area contributed by atoms with Crippen LogP contribution in [-0.2, 0) is 7.05 Å². The fourth-order valence-corrected chi connectivity index (χ4v) is 5.52. The van der Waals surface area contributed by atoms with E-state index in [0.29, 0.717) is 52.3 Å². The van der Waals surface area contributed by atoms with Crippen LogP contribution in [0.15, 0.2) is 47.3 Å². The largest absolute Gasteiger partial charge is 0.495 e. The number of rotatable bonds is 3. The number of likely N-dealkylation sites (tertiary alicyclic amines) is 1. The number of ether oxygens (including phenoxy) is 1. The zero-order valence-electron chi connectivity index (χ0n) is 19.7. The molecule has 1 aliphatic heterocycles. The highest BCUT2D eigenvalue weighted by molar-refractivity contribution is 6.32. The van der Waals surface area contributed by atoms with E-state index in [9.17, 15) is 9.59 Å². The summed E-state index contributed by atoms with van der Waals surface area (Å²) in [6, 6.07) is 12.7. The van der Waals surface area contributed by atoms with Gasteiger partial charge in [0.2, 0.25) is 0 Å². The first-order valence-corrected chi connectivity index (χ1v) is 11.8. The molecular weight excluding hydrogens is 452 g/mol. The number of carbonyl (C=O) groups is 1. The summed E-state index contributed by atoms with van der Waals surface area (Å²) in [5.74, 6) is 1.15. The quantitative estimate of drug-likeness (QED) is 0.429. The van der Waals surface area contributed by atoms with Crippen LogP contribution in [0.25, 0.3) is 27.5 Å². The number of halogens is 1. The third-order valence-electron chi connectivity index (χ3n) is 6.68. The summed E-state index contributed by atoms with van der Waals surface area (Å²) < 4.78 is 8.37. The van der Waals surface area contributed by atoms with Gasteiger partial charge in [-0.25, -0.2) is 0 Å². The molecule has 0 unspecified atom stereocenters. The van der Waals surface area contributed by atoms with E-state index >= 15 is 0 Å². The minimum absolute atomic E-state index is 0.159. The zero-order valence-corrected chi connectivity index (χ0v) is 20.5. The Morgan fingerprint density at radius 2 is 1.82 bits per heavy atom. The molecule has 1 fully saturated rings. The first-order chi connectivity index (χ1) is 16.3. The van der Waals surface area contributed by atoms with Gasteiger partial charge in [-0.15, -0.1) is 0 Å². The molecule has 2 atom stereocenters. The average Bonchev–Trinajstić information content (AvgIpc) is 3.11. The number of hydrogen-bond acceptors (Lipinski definition) is 4. The number of piperidine rings is 1. The Balaban J connectivity index is 1.80. The van der Waals surface area contributed by atoms with Crippen molar-refractivity contribution in [2.75, 3.05) is 20.2 Å². The summed E-state index contributed by atoms with van der Waals surface area (Å²) in [6.45, 7) is 5.67. The molecule has 1 aliphatic rings. The molecule has 1 amide bonds. The molecule has 3 heterocycles. The van der Waals surface area contributed by atoms with Crippen molar-refractivity contribution in [3.05, 3.63) is 63.5 Å². The normalized spacial score (nSPS) is 18.6. The Hall–Kier alpha value is -3.32. The molecule has 0 spiro atoms. The van der Waals surface area contributed by atoms with Crippen molar-refractivity contribution in [1.29, 1.82) is 0 Å². The maximum absolute atomic E-state index is 13.9. The number of amides is 1. The third kappa shape index (κ3) is 3.55. The van der Waals surface area contributed by atoms with Gasteiger partial charge in [0.05, 0.1) is 17.8 Å². The molecule has 0 bridgehead atoms. The van der Waals surface area contributed by atoms with Crippen molar-refractivity contribution in [3.8, 4) is 11.4 Å². The predicted octanol–water partition coefficient (Wildman–Crippen LogP) is 4.66. The molecular formula is C26H27ClN4O3. The van der Waals surface area contributed by atoms with Crippen LogP contribution in [0, 0.1) is 11.8 Å². The lowest BCUT2D eigenvalue weighted by Gasteiger charge is -2.34. The highest BCUT2D eigenvalue weighted by atomic mass is 35.5. The standard InChI is InChI=1S/C26H27ClN4O3/c1-15-11-16(2)14-30(13-15)25(32)23-22-18-7-5-6-8-20(18)29(3)24(22)26(33)31(28-23)17-9-10-21(34-4)19(27)12-17/h5-10,12,15-16H,11,13-14H2,1-4H3/t15-,16+. The molecule has 8 heteroatoms. The van der Waals surface area contributed by atoms with Crippen LogP contribution >= 0.6 is 11.6 Å². The lowest BCUT2D eigenvalue weighted by Crippen LogP contribution is -2.43. The Morgan fingerprint density at radius 1 is 1.12 bits per heavy atom. The second-order valence-corrected chi connectivity index (χ2v) is 9.75. The molecule has 2 aromatic carbocycles. The maximum atomic E-state index is 13.9. The van der Waals surface area contributed by atoms with Crippen LogP contribution in [0.3, 0.4) is 0 Å². The van der Waals surface area contributed by atoms with Gasteiger partial charge in [0.15, 0.2) is 5.69 Å². The van der Waals surface area contributed by atoms with Gasteiger partial charge in [-0.2, -0.15) is 9.78 Å². The summed E-state index contributed by atoms with van der Waals surface area (Å²) in [7, 11) is 3.38. The Labute approximate surface area is 202 Å². The molecule has 34 heavy (non-hydrogen) atoms. The molecule has 176 valence electrons. The van der Waals surface area contributed by atoms with E-state index in [4.69, 9.17) is 16.3 Å². The van der Waals surface area contributed by atoms with Crippen LogP contribution < -0.4 is 10.3 Å². The molecule has 0 N–H and O–H groups in total. The number of aryl methyl sites for hydroxylation is 1. The summed E-state index contributed by atoms with van der Waals surface area (Å²) in [5, 5.41) is 6.45. The number of hydrogen-bond donors (Lipinski definition) is 0. The fraction of sp³-hybridized carbons (Fsp3) is 0.346. The lowest BCUT2D eigenvalue weighted by molar-refractivity contribution is 0.0617. The van der Waals surface area contributed by atoms with Gasteiger partial charge in [0.1, 0.15) is 11.3 Å². The lowest BCUT2D eigenvalue weighted by atomic mass is 9.91. The van der Waals surface area contributed by atoms with Crippen molar-refractivity contribution in [1.82, 2.24) is 19.2 Å². The Morgan fingerprint density at radius 3 is 2.50 bits per heavy atom. The fourth-order valence-electron chi connectivity index (χ4n) is 5.27.